The SMILES string of the molecule is Cc1ccc(N2c3ccc(C)cc3B3c4c2cccc4N(c2ccc(C)cc2)c2cccc(C(C)(c4cccc5c4B4c6cc(C)ccc6N(c6ccc(C)cc6)c6cccc(c64)N5c4ccc(C(C)(C)C)cc4)c4cccc5c4B4c6cc(C)ccc6N(c6ccc(C)cc6)c6cccc(c64)N5c4ccc(C(C)(C)C)cc4)c23)cc1. The average molecular weight is 1500 g/mol. The molecule has 6 aliphatic heterocycles. The molecule has 560 valence electrons. The molecule has 0 bridgehead atoms. The number of aryl methyl sites for hydroxylation is 7. The number of nitrogens with zero attached hydrogens (tertiary/aromatic N) is 6. The summed E-state index contributed by atoms with van der Waals surface area (Å²) in [4.78, 5) is 15.6. The van der Waals surface area contributed by atoms with Gasteiger partial charge in [0.1, 0.15) is 0 Å². The molecule has 6 heterocycles. The van der Waals surface area contributed by atoms with Crippen LogP contribution in [-0.2, 0) is 16.2 Å². The normalized spacial score (nSPS) is 14.0. The van der Waals surface area contributed by atoms with Gasteiger partial charge >= 0.3 is 0 Å². The van der Waals surface area contributed by atoms with Crippen molar-refractivity contribution in [3.05, 3.63) is 376 Å². The predicted octanol–water partition coefficient (Wildman–Crippen LogP) is 22.0. The lowest BCUT2D eigenvalue weighted by atomic mass is 9.29. The van der Waals surface area contributed by atoms with Crippen molar-refractivity contribution >= 4 is 172 Å². The van der Waals surface area contributed by atoms with E-state index in [1.807, 2.05) is 0 Å². The van der Waals surface area contributed by atoms with Gasteiger partial charge in [-0.15, -0.1) is 0 Å². The summed E-state index contributed by atoms with van der Waals surface area (Å²) in [5.74, 6) is 0. The van der Waals surface area contributed by atoms with Crippen LogP contribution in [0.5, 0.6) is 0 Å². The molecule has 0 aliphatic carbocycles. The number of hydrogen-bond donors (Lipinski definition) is 0. The van der Waals surface area contributed by atoms with Crippen molar-refractivity contribution in [3.8, 4) is 0 Å². The summed E-state index contributed by atoms with van der Waals surface area (Å²) in [6.45, 7) is 31.6. The number of anilines is 18. The standard InChI is InChI=1S/C107H93B3N6/c1-66-33-48-75(49-34-66)111-87-60-41-70(5)63-84(87)108-99-81(21-15-24-90(99)114(78-54-39-69(4)40-55-78)96-30-18-27-93(111)102(96)108)107(14,82-22-16-25-91-100(82)109-85-64-71(6)42-61-88(85)112(76-50-35-67(2)36-51-76)94-28-19-31-97(103(94)109)115(91)79-56-44-73(45-57-79)105(8,9)10)83-23-17-26-92-101(83)110-86-65-72(7)43-62-89(86)113(77-52-37-68(3)38-53-77)95-29-20-32-98(104(95)110)116(92)80-58-46-74(47-59-80)106(11,12)13/h15-65H,1-14H3. The first-order valence-electron chi connectivity index (χ1n) is 41.5. The van der Waals surface area contributed by atoms with E-state index in [2.05, 4.69) is 436 Å². The fourth-order valence-electron chi connectivity index (χ4n) is 20.7. The molecule has 0 atom stereocenters. The number of rotatable bonds is 9. The molecule has 15 aromatic rings. The third kappa shape index (κ3) is 10.7. The van der Waals surface area contributed by atoms with E-state index >= 15 is 0 Å². The number of hydrogen-bond acceptors (Lipinski definition) is 6. The third-order valence-corrected chi connectivity index (χ3v) is 26.3. The molecule has 0 aromatic heterocycles. The zero-order chi connectivity index (χ0) is 79.3. The summed E-state index contributed by atoms with van der Waals surface area (Å²) in [6.07, 6.45) is 0. The molecule has 6 aliphatic rings. The van der Waals surface area contributed by atoms with Gasteiger partial charge in [-0.1, -0.05) is 244 Å². The van der Waals surface area contributed by atoms with E-state index in [4.69, 9.17) is 0 Å². The first kappa shape index (κ1) is 71.1. The molecule has 0 saturated heterocycles. The van der Waals surface area contributed by atoms with E-state index in [0.29, 0.717) is 0 Å². The molecular weight excluding hydrogens is 1400 g/mol. The van der Waals surface area contributed by atoms with Crippen molar-refractivity contribution in [1.29, 1.82) is 0 Å². The Kier molecular flexibility index (Phi) is 16.0. The van der Waals surface area contributed by atoms with E-state index in [0.717, 1.165) is 34.1 Å². The molecule has 15 aromatic carbocycles. The summed E-state index contributed by atoms with van der Waals surface area (Å²) >= 11 is 0. The first-order valence-corrected chi connectivity index (χ1v) is 41.5. The van der Waals surface area contributed by atoms with Crippen molar-refractivity contribution in [2.45, 2.75) is 113 Å². The second-order valence-corrected chi connectivity index (χ2v) is 35.9. The lowest BCUT2D eigenvalue weighted by Gasteiger charge is -2.50. The zero-order valence-corrected chi connectivity index (χ0v) is 68.9. The average Bonchev–Trinajstić information content (AvgIpc) is 0.677. The molecule has 0 radical (unpaired) electrons. The molecule has 0 unspecified atom stereocenters. The fraction of sp³-hybridized carbons (Fsp3) is 0.159. The van der Waals surface area contributed by atoms with Crippen LogP contribution in [0.2, 0.25) is 0 Å². The van der Waals surface area contributed by atoms with Gasteiger partial charge in [-0.3, -0.25) is 0 Å². The van der Waals surface area contributed by atoms with Crippen LogP contribution >= 0.6 is 0 Å². The third-order valence-electron chi connectivity index (χ3n) is 26.3. The minimum atomic E-state index is -1.04. The second kappa shape index (κ2) is 26.2. The van der Waals surface area contributed by atoms with Crippen LogP contribution < -0.4 is 78.6 Å². The molecule has 0 spiro atoms. The van der Waals surface area contributed by atoms with E-state index < -0.39 is 5.41 Å². The molecule has 6 nitrogen and oxygen atoms in total. The predicted molar refractivity (Wildman–Crippen MR) is 498 cm³/mol. The van der Waals surface area contributed by atoms with Crippen LogP contribution in [0.15, 0.2) is 309 Å². The lowest BCUT2D eigenvalue weighted by Crippen LogP contribution is -2.66. The summed E-state index contributed by atoms with van der Waals surface area (Å²) in [6, 6.07) is 121. The zero-order valence-electron chi connectivity index (χ0n) is 68.9. The van der Waals surface area contributed by atoms with Gasteiger partial charge in [-0.2, -0.15) is 0 Å². The Morgan fingerprint density at radius 3 is 0.603 bits per heavy atom. The van der Waals surface area contributed by atoms with Gasteiger partial charge in [0.05, 0.1) is 0 Å². The van der Waals surface area contributed by atoms with Crippen molar-refractivity contribution in [3.63, 3.8) is 0 Å². The Morgan fingerprint density at radius 1 is 0.190 bits per heavy atom. The van der Waals surface area contributed by atoms with Crippen LogP contribution in [0.1, 0.15) is 115 Å². The maximum absolute atomic E-state index is 2.68. The van der Waals surface area contributed by atoms with Crippen LogP contribution in [0, 0.1) is 48.5 Å². The Labute approximate surface area is 685 Å². The highest BCUT2D eigenvalue weighted by Crippen LogP contribution is 2.54. The topological polar surface area (TPSA) is 19.4 Å². The smallest absolute Gasteiger partial charge is 0.252 e. The van der Waals surface area contributed by atoms with E-state index in [-0.39, 0.29) is 31.0 Å². The Balaban J connectivity index is 0.942. The summed E-state index contributed by atoms with van der Waals surface area (Å²) < 4.78 is 0. The number of fused-ring (bicyclic) bond motifs is 12. The van der Waals surface area contributed by atoms with Gasteiger partial charge in [0.2, 0.25) is 0 Å². The Hall–Kier alpha value is -12.7. The maximum Gasteiger partial charge on any atom is 0.252 e. The van der Waals surface area contributed by atoms with Crippen molar-refractivity contribution in [1.82, 2.24) is 0 Å². The van der Waals surface area contributed by atoms with Crippen LogP contribution in [-0.4, -0.2) is 20.1 Å². The van der Waals surface area contributed by atoms with Gasteiger partial charge < -0.3 is 29.4 Å². The lowest BCUT2D eigenvalue weighted by molar-refractivity contribution is 0.590. The van der Waals surface area contributed by atoms with Crippen molar-refractivity contribution in [2.75, 3.05) is 29.4 Å². The van der Waals surface area contributed by atoms with Gasteiger partial charge in [0, 0.05) is 108 Å². The van der Waals surface area contributed by atoms with Gasteiger partial charge in [-0.05, 0) is 289 Å². The van der Waals surface area contributed by atoms with Gasteiger partial charge in [-0.25, -0.2) is 0 Å². The van der Waals surface area contributed by atoms with E-state index in [9.17, 15) is 0 Å². The van der Waals surface area contributed by atoms with Crippen LogP contribution in [0.3, 0.4) is 0 Å². The molecule has 0 saturated carbocycles. The van der Waals surface area contributed by atoms with E-state index in [1.165, 1.54) is 184 Å². The molecule has 116 heavy (non-hydrogen) atoms. The Morgan fingerprint density at radius 2 is 0.379 bits per heavy atom. The van der Waals surface area contributed by atoms with Crippen molar-refractivity contribution in [2.24, 2.45) is 0 Å². The highest BCUT2D eigenvalue weighted by molar-refractivity contribution is 7.02. The first-order chi connectivity index (χ1) is 56.1. The minimum Gasteiger partial charge on any atom is -0.311 e. The van der Waals surface area contributed by atoms with Crippen LogP contribution in [0.4, 0.5) is 102 Å². The molecule has 0 amide bonds. The Bertz CT molecular complexity index is 6270. The molecule has 0 N–H and O–H groups in total. The molecule has 9 heteroatoms. The van der Waals surface area contributed by atoms with Crippen molar-refractivity contribution < 1.29 is 0 Å². The summed E-state index contributed by atoms with van der Waals surface area (Å²) in [5, 5.41) is 0. The molecule has 21 rings (SSSR count). The highest BCUT2D eigenvalue weighted by Gasteiger charge is 2.54. The second-order valence-electron chi connectivity index (χ2n) is 35.9. The van der Waals surface area contributed by atoms with Gasteiger partial charge in [0.15, 0.2) is 0 Å². The van der Waals surface area contributed by atoms with Gasteiger partial charge in [0.25, 0.3) is 20.1 Å². The monoisotopic (exact) mass is 1490 g/mol. The minimum absolute atomic E-state index is 0.0693. The molecular formula is C107H93B3N6. The van der Waals surface area contributed by atoms with Crippen LogP contribution in [0.25, 0.3) is 0 Å². The highest BCUT2D eigenvalue weighted by atomic mass is 15.2. The summed E-state index contributed by atoms with van der Waals surface area (Å²) in [7, 11) is 0. The quantitative estimate of drug-likeness (QED) is 0.105. The molecule has 0 fully saturated rings. The summed E-state index contributed by atoms with van der Waals surface area (Å²) in [5.41, 5.74) is 46.1. The maximum atomic E-state index is 2.68. The fourth-order valence-corrected chi connectivity index (χ4v) is 20.7. The number of benzene rings is 15. The van der Waals surface area contributed by atoms with E-state index in [1.54, 1.807) is 0 Å². The largest absolute Gasteiger partial charge is 0.311 e.